The molecule has 1 aromatic rings. The van der Waals surface area contributed by atoms with Gasteiger partial charge in [-0.15, -0.1) is 0 Å². The number of pyridine rings is 1. The highest BCUT2D eigenvalue weighted by atomic mass is 16.5. The Morgan fingerprint density at radius 3 is 3.17 bits per heavy atom. The van der Waals surface area contributed by atoms with Gasteiger partial charge in [0, 0.05) is 25.7 Å². The molecule has 0 bridgehead atoms. The van der Waals surface area contributed by atoms with Crippen molar-refractivity contribution in [1.29, 1.82) is 0 Å². The Hall–Kier alpha value is -1.82. The first-order valence-electron chi connectivity index (χ1n) is 5.88. The summed E-state index contributed by atoms with van der Waals surface area (Å²) in [6.45, 7) is 2.43. The fraction of sp³-hybridized carbons (Fsp3) is 0.500. The van der Waals surface area contributed by atoms with Crippen LogP contribution in [-0.2, 0) is 11.3 Å². The van der Waals surface area contributed by atoms with Gasteiger partial charge >= 0.3 is 6.09 Å². The minimum atomic E-state index is -0.385. The van der Waals surface area contributed by atoms with Gasteiger partial charge in [-0.25, -0.2) is 4.79 Å². The predicted octanol–water partition coefficient (Wildman–Crippen LogP) is 0.717. The van der Waals surface area contributed by atoms with E-state index in [2.05, 4.69) is 19.9 Å². The molecule has 2 heterocycles. The van der Waals surface area contributed by atoms with Crippen molar-refractivity contribution < 1.29 is 14.6 Å². The van der Waals surface area contributed by atoms with E-state index in [9.17, 15) is 4.79 Å². The Morgan fingerprint density at radius 1 is 1.67 bits per heavy atom. The Bertz CT molecular complexity index is 408. The summed E-state index contributed by atoms with van der Waals surface area (Å²) >= 11 is 0. The van der Waals surface area contributed by atoms with E-state index in [0.717, 1.165) is 31.7 Å². The normalized spacial score (nSPS) is 19.7. The average Bonchev–Trinajstić information content (AvgIpc) is 2.79. The molecule has 1 atom stereocenters. The molecule has 0 saturated carbocycles. The van der Waals surface area contributed by atoms with Crippen LogP contribution in [-0.4, -0.2) is 47.3 Å². The Kier molecular flexibility index (Phi) is 3.99. The van der Waals surface area contributed by atoms with E-state index in [1.165, 1.54) is 13.3 Å². The third kappa shape index (κ3) is 3.33. The average molecular weight is 251 g/mol. The van der Waals surface area contributed by atoms with E-state index in [-0.39, 0.29) is 17.9 Å². The van der Waals surface area contributed by atoms with Crippen LogP contribution in [0.3, 0.4) is 0 Å². The summed E-state index contributed by atoms with van der Waals surface area (Å²) in [4.78, 5) is 17.4. The van der Waals surface area contributed by atoms with Gasteiger partial charge in [0.05, 0.1) is 19.0 Å². The lowest BCUT2D eigenvalue weighted by molar-refractivity contribution is 0.166. The summed E-state index contributed by atoms with van der Waals surface area (Å²) in [5.74, 6) is 0.172. The number of likely N-dealkylation sites (tertiary alicyclic amines) is 1. The summed E-state index contributed by atoms with van der Waals surface area (Å²) in [6.07, 6.45) is 1.97. The molecular formula is C12H17N3O3. The van der Waals surface area contributed by atoms with Crippen LogP contribution in [0.15, 0.2) is 18.3 Å². The molecule has 6 nitrogen and oxygen atoms in total. The van der Waals surface area contributed by atoms with Gasteiger partial charge in [0.25, 0.3) is 0 Å². The smallest absolute Gasteiger partial charge is 0.407 e. The van der Waals surface area contributed by atoms with Crippen LogP contribution in [0.2, 0.25) is 0 Å². The zero-order chi connectivity index (χ0) is 13.0. The third-order valence-corrected chi connectivity index (χ3v) is 2.97. The summed E-state index contributed by atoms with van der Waals surface area (Å²) < 4.78 is 4.57. The number of nitrogens with zero attached hydrogens (tertiary/aromatic N) is 2. The monoisotopic (exact) mass is 251 g/mol. The number of hydrogen-bond donors (Lipinski definition) is 2. The summed E-state index contributed by atoms with van der Waals surface area (Å²) in [7, 11) is 1.36. The van der Waals surface area contributed by atoms with Crippen LogP contribution in [0.5, 0.6) is 5.75 Å². The molecule has 1 saturated heterocycles. The zero-order valence-electron chi connectivity index (χ0n) is 10.3. The highest BCUT2D eigenvalue weighted by molar-refractivity contribution is 5.67. The van der Waals surface area contributed by atoms with Crippen molar-refractivity contribution in [2.24, 2.45) is 0 Å². The number of carbonyl (C=O) groups is 1. The molecule has 1 aromatic heterocycles. The quantitative estimate of drug-likeness (QED) is 0.828. The van der Waals surface area contributed by atoms with Crippen molar-refractivity contribution in [2.45, 2.75) is 19.0 Å². The molecule has 1 fully saturated rings. The maximum Gasteiger partial charge on any atom is 0.407 e. The van der Waals surface area contributed by atoms with Gasteiger partial charge < -0.3 is 15.2 Å². The van der Waals surface area contributed by atoms with E-state index in [1.54, 1.807) is 12.1 Å². The maximum atomic E-state index is 11.1. The standard InChI is InChI=1S/C12H17N3O3/c1-18-12(17)14-10-4-5-15(8-10)7-9-2-3-11(16)6-13-9/h2-3,6,10,16H,4-5,7-8H2,1H3,(H,14,17). The number of carbonyl (C=O) groups excluding carboxylic acids is 1. The number of methoxy groups -OCH3 is 1. The van der Waals surface area contributed by atoms with Crippen LogP contribution < -0.4 is 5.32 Å². The van der Waals surface area contributed by atoms with Gasteiger partial charge in [-0.2, -0.15) is 0 Å². The van der Waals surface area contributed by atoms with Crippen LogP contribution >= 0.6 is 0 Å². The van der Waals surface area contributed by atoms with Crippen molar-refractivity contribution in [3.8, 4) is 5.75 Å². The van der Waals surface area contributed by atoms with E-state index < -0.39 is 0 Å². The lowest BCUT2D eigenvalue weighted by Crippen LogP contribution is -2.36. The third-order valence-electron chi connectivity index (χ3n) is 2.97. The topological polar surface area (TPSA) is 74.7 Å². The second kappa shape index (κ2) is 5.68. The van der Waals surface area contributed by atoms with E-state index in [1.807, 2.05) is 0 Å². The molecule has 0 aromatic carbocycles. The first-order chi connectivity index (χ1) is 8.67. The molecule has 0 radical (unpaired) electrons. The number of nitrogens with one attached hydrogen (secondary N) is 1. The van der Waals surface area contributed by atoms with Crippen molar-refractivity contribution in [3.05, 3.63) is 24.0 Å². The molecule has 1 amide bonds. The van der Waals surface area contributed by atoms with Crippen molar-refractivity contribution in [3.63, 3.8) is 0 Å². The first-order valence-corrected chi connectivity index (χ1v) is 5.88. The number of rotatable bonds is 3. The zero-order valence-corrected chi connectivity index (χ0v) is 10.3. The Morgan fingerprint density at radius 2 is 2.50 bits per heavy atom. The van der Waals surface area contributed by atoms with Crippen molar-refractivity contribution >= 4 is 6.09 Å². The molecule has 98 valence electrons. The van der Waals surface area contributed by atoms with Crippen LogP contribution in [0.4, 0.5) is 4.79 Å². The number of amides is 1. The highest BCUT2D eigenvalue weighted by Gasteiger charge is 2.24. The molecule has 18 heavy (non-hydrogen) atoms. The van der Waals surface area contributed by atoms with E-state index in [4.69, 9.17) is 5.11 Å². The number of hydrogen-bond acceptors (Lipinski definition) is 5. The number of ether oxygens (including phenoxy) is 1. The molecule has 1 unspecified atom stereocenters. The second-order valence-corrected chi connectivity index (χ2v) is 4.36. The van der Waals surface area contributed by atoms with Gasteiger partial charge in [-0.3, -0.25) is 9.88 Å². The van der Waals surface area contributed by atoms with Gasteiger partial charge in [-0.05, 0) is 18.6 Å². The highest BCUT2D eigenvalue weighted by Crippen LogP contribution is 2.14. The largest absolute Gasteiger partial charge is 0.506 e. The Balaban J connectivity index is 1.82. The van der Waals surface area contributed by atoms with E-state index in [0.29, 0.717) is 0 Å². The molecule has 6 heteroatoms. The molecular weight excluding hydrogens is 234 g/mol. The lowest BCUT2D eigenvalue weighted by Gasteiger charge is -2.15. The Labute approximate surface area is 106 Å². The van der Waals surface area contributed by atoms with Gasteiger partial charge in [-0.1, -0.05) is 0 Å². The molecule has 0 aliphatic carbocycles. The molecule has 0 spiro atoms. The summed E-state index contributed by atoms with van der Waals surface area (Å²) in [6, 6.07) is 3.56. The minimum Gasteiger partial charge on any atom is -0.506 e. The SMILES string of the molecule is COC(=O)NC1CCN(Cc2ccc(O)cn2)C1. The van der Waals surface area contributed by atoms with E-state index >= 15 is 0 Å². The molecule has 1 aliphatic rings. The predicted molar refractivity (Wildman–Crippen MR) is 65.1 cm³/mol. The van der Waals surface area contributed by atoms with Gasteiger partial charge in [0.1, 0.15) is 5.75 Å². The van der Waals surface area contributed by atoms with Crippen molar-refractivity contribution in [1.82, 2.24) is 15.2 Å². The molecule has 2 rings (SSSR count). The molecule has 1 aliphatic heterocycles. The van der Waals surface area contributed by atoms with Crippen LogP contribution in [0, 0.1) is 0 Å². The summed E-state index contributed by atoms with van der Waals surface area (Å²) in [5.41, 5.74) is 0.909. The maximum absolute atomic E-state index is 11.1. The number of aromatic nitrogens is 1. The number of alkyl carbamates (subject to hydrolysis) is 1. The van der Waals surface area contributed by atoms with Gasteiger partial charge in [0.2, 0.25) is 0 Å². The van der Waals surface area contributed by atoms with Crippen LogP contribution in [0.1, 0.15) is 12.1 Å². The van der Waals surface area contributed by atoms with Gasteiger partial charge in [0.15, 0.2) is 0 Å². The first kappa shape index (κ1) is 12.6. The summed E-state index contributed by atoms with van der Waals surface area (Å²) in [5, 5.41) is 11.9. The second-order valence-electron chi connectivity index (χ2n) is 4.36. The van der Waals surface area contributed by atoms with Crippen molar-refractivity contribution in [2.75, 3.05) is 20.2 Å². The molecule has 2 N–H and O–H groups in total. The van der Waals surface area contributed by atoms with Crippen LogP contribution in [0.25, 0.3) is 0 Å². The fourth-order valence-corrected chi connectivity index (χ4v) is 2.06. The lowest BCUT2D eigenvalue weighted by atomic mass is 10.3. The minimum absolute atomic E-state index is 0.134. The fourth-order valence-electron chi connectivity index (χ4n) is 2.06. The number of aromatic hydroxyl groups is 1.